The minimum Gasteiger partial charge on any atom is -0.397 e. The van der Waals surface area contributed by atoms with E-state index in [1.807, 2.05) is 0 Å². The standard InChI is InChI=1S/3C4H10O.C2H6O.Zr/c3*1-2-3-4-5;1-2-3;/h3*5H,2-4H2,1H3;3H,2H2,1H3;. The molecule has 0 fully saturated rings. The van der Waals surface area contributed by atoms with Crippen LogP contribution in [0.15, 0.2) is 0 Å². The number of aliphatic hydroxyl groups excluding tert-OH is 4. The van der Waals surface area contributed by atoms with Gasteiger partial charge in [0.25, 0.3) is 0 Å². The van der Waals surface area contributed by atoms with Crippen molar-refractivity contribution < 1.29 is 46.6 Å². The van der Waals surface area contributed by atoms with Gasteiger partial charge in [0.1, 0.15) is 0 Å². The minimum absolute atomic E-state index is 0. The van der Waals surface area contributed by atoms with Crippen LogP contribution in [0.25, 0.3) is 0 Å². The van der Waals surface area contributed by atoms with Gasteiger partial charge in [-0.1, -0.05) is 40.0 Å². The molecular formula is C14H36O4Zr. The topological polar surface area (TPSA) is 80.9 Å². The fourth-order valence-electron chi connectivity index (χ4n) is 0.474. The summed E-state index contributed by atoms with van der Waals surface area (Å²) in [5.41, 5.74) is 0. The Morgan fingerprint density at radius 3 is 0.684 bits per heavy atom. The van der Waals surface area contributed by atoms with Gasteiger partial charge in [0.15, 0.2) is 0 Å². The van der Waals surface area contributed by atoms with Gasteiger partial charge < -0.3 is 20.4 Å². The van der Waals surface area contributed by atoms with Crippen LogP contribution in [0.2, 0.25) is 0 Å². The molecule has 0 aromatic carbocycles. The van der Waals surface area contributed by atoms with Gasteiger partial charge in [0, 0.05) is 52.6 Å². The zero-order chi connectivity index (χ0) is 15.1. The maximum atomic E-state index is 8.07. The van der Waals surface area contributed by atoms with E-state index < -0.39 is 0 Å². The number of aliphatic hydroxyl groups is 4. The van der Waals surface area contributed by atoms with Gasteiger partial charge in [-0.05, 0) is 26.2 Å². The largest absolute Gasteiger partial charge is 0.397 e. The average molecular weight is 360 g/mol. The molecule has 0 atom stereocenters. The zero-order valence-corrected chi connectivity index (χ0v) is 15.8. The van der Waals surface area contributed by atoms with E-state index in [0.717, 1.165) is 38.5 Å². The van der Waals surface area contributed by atoms with Crippen LogP contribution < -0.4 is 0 Å². The van der Waals surface area contributed by atoms with E-state index in [-0.39, 0.29) is 32.8 Å². The molecule has 0 saturated carbocycles. The van der Waals surface area contributed by atoms with Crippen molar-refractivity contribution in [2.24, 2.45) is 0 Å². The summed E-state index contributed by atoms with van der Waals surface area (Å²) in [6.07, 6.45) is 6.11. The molecule has 0 bridgehead atoms. The maximum absolute atomic E-state index is 8.07. The van der Waals surface area contributed by atoms with Gasteiger partial charge in [0.05, 0.1) is 0 Å². The predicted molar refractivity (Wildman–Crippen MR) is 78.7 cm³/mol. The maximum Gasteiger partial charge on any atom is 0.0430 e. The normalized spacial score (nSPS) is 7.58. The Hall–Kier alpha value is 0.723. The second kappa shape index (κ2) is 51.1. The number of unbranched alkanes of at least 4 members (excludes halogenated alkanes) is 3. The molecule has 0 amide bonds. The fraction of sp³-hybridized carbons (Fsp3) is 1.00. The molecule has 0 aliphatic rings. The van der Waals surface area contributed by atoms with Crippen molar-refractivity contribution in [3.8, 4) is 0 Å². The molecular weight excluding hydrogens is 323 g/mol. The Kier molecular flexibility index (Phi) is 85.9. The molecule has 4 N–H and O–H groups in total. The Labute approximate surface area is 139 Å². The second-order valence-electron chi connectivity index (χ2n) is 3.55. The summed E-state index contributed by atoms with van der Waals surface area (Å²) < 4.78 is 0. The zero-order valence-electron chi connectivity index (χ0n) is 13.4. The van der Waals surface area contributed by atoms with Crippen LogP contribution in [0.3, 0.4) is 0 Å². The van der Waals surface area contributed by atoms with Crippen molar-refractivity contribution >= 4 is 0 Å². The third-order valence-electron chi connectivity index (χ3n) is 1.54. The van der Waals surface area contributed by atoms with E-state index in [4.69, 9.17) is 20.4 Å². The van der Waals surface area contributed by atoms with Crippen molar-refractivity contribution in [1.82, 2.24) is 0 Å². The van der Waals surface area contributed by atoms with Gasteiger partial charge in [-0.15, -0.1) is 0 Å². The third kappa shape index (κ3) is 116. The van der Waals surface area contributed by atoms with Gasteiger partial charge in [-0.3, -0.25) is 0 Å². The molecule has 0 aromatic rings. The molecule has 0 rings (SSSR count). The third-order valence-corrected chi connectivity index (χ3v) is 1.54. The van der Waals surface area contributed by atoms with Gasteiger partial charge >= 0.3 is 0 Å². The molecule has 19 heavy (non-hydrogen) atoms. The number of hydrogen-bond acceptors (Lipinski definition) is 4. The van der Waals surface area contributed by atoms with Crippen LogP contribution in [-0.2, 0) is 26.2 Å². The van der Waals surface area contributed by atoms with E-state index in [9.17, 15) is 0 Å². The van der Waals surface area contributed by atoms with Crippen LogP contribution in [0, 0.1) is 0 Å². The van der Waals surface area contributed by atoms with Crippen LogP contribution in [-0.4, -0.2) is 46.9 Å². The van der Waals surface area contributed by atoms with Crippen LogP contribution in [0.4, 0.5) is 0 Å². The molecule has 0 saturated heterocycles. The number of hydrogen-bond donors (Lipinski definition) is 4. The predicted octanol–water partition coefficient (Wildman–Crippen LogP) is 2.33. The van der Waals surface area contributed by atoms with E-state index >= 15 is 0 Å². The van der Waals surface area contributed by atoms with Crippen molar-refractivity contribution in [3.63, 3.8) is 0 Å². The molecule has 0 aliphatic heterocycles. The van der Waals surface area contributed by atoms with Gasteiger partial charge in [-0.2, -0.15) is 0 Å². The molecule has 120 valence electrons. The first-order valence-corrected chi connectivity index (χ1v) is 7.09. The second-order valence-corrected chi connectivity index (χ2v) is 3.55. The minimum atomic E-state index is 0. The van der Waals surface area contributed by atoms with Crippen LogP contribution >= 0.6 is 0 Å². The number of rotatable bonds is 6. The van der Waals surface area contributed by atoms with E-state index in [1.165, 1.54) is 0 Å². The SMILES string of the molecule is CCCCO.CCCCO.CCCCO.CCO.[Zr]. The molecule has 4 nitrogen and oxygen atoms in total. The monoisotopic (exact) mass is 358 g/mol. The van der Waals surface area contributed by atoms with Crippen molar-refractivity contribution in [1.29, 1.82) is 0 Å². The molecule has 0 unspecified atom stereocenters. The Morgan fingerprint density at radius 2 is 0.684 bits per heavy atom. The molecule has 0 heterocycles. The van der Waals surface area contributed by atoms with Gasteiger partial charge in [0.2, 0.25) is 0 Å². The first-order chi connectivity index (χ1) is 8.66. The van der Waals surface area contributed by atoms with Crippen molar-refractivity contribution in [2.75, 3.05) is 26.4 Å². The van der Waals surface area contributed by atoms with E-state index in [0.29, 0.717) is 19.8 Å². The molecule has 0 radical (unpaired) electrons. The first-order valence-electron chi connectivity index (χ1n) is 7.09. The fourth-order valence-corrected chi connectivity index (χ4v) is 0.474. The smallest absolute Gasteiger partial charge is 0.0430 e. The first kappa shape index (κ1) is 31.9. The summed E-state index contributed by atoms with van der Waals surface area (Å²) in [5.74, 6) is 0. The molecule has 0 aromatic heterocycles. The Morgan fingerprint density at radius 1 is 0.526 bits per heavy atom. The van der Waals surface area contributed by atoms with Crippen LogP contribution in [0.5, 0.6) is 0 Å². The summed E-state index contributed by atoms with van der Waals surface area (Å²) in [6.45, 7) is 9.12. The van der Waals surface area contributed by atoms with Crippen molar-refractivity contribution in [3.05, 3.63) is 0 Å². The van der Waals surface area contributed by atoms with Crippen molar-refractivity contribution in [2.45, 2.75) is 66.2 Å². The Balaban J connectivity index is -0.0000000458. The molecule has 0 aliphatic carbocycles. The van der Waals surface area contributed by atoms with Gasteiger partial charge in [-0.25, -0.2) is 0 Å². The summed E-state index contributed by atoms with van der Waals surface area (Å²) >= 11 is 0. The molecule has 5 heteroatoms. The summed E-state index contributed by atoms with van der Waals surface area (Å²) in [6, 6.07) is 0. The Bertz CT molecular complexity index is 65.6. The summed E-state index contributed by atoms with van der Waals surface area (Å²) in [7, 11) is 0. The van der Waals surface area contributed by atoms with Crippen LogP contribution in [0.1, 0.15) is 66.2 Å². The quantitative estimate of drug-likeness (QED) is 0.587. The summed E-state index contributed by atoms with van der Waals surface area (Å²) in [4.78, 5) is 0. The van der Waals surface area contributed by atoms with E-state index in [2.05, 4.69) is 20.8 Å². The molecule has 0 spiro atoms. The summed E-state index contributed by atoms with van der Waals surface area (Å²) in [5, 5.41) is 31.8. The van der Waals surface area contributed by atoms with E-state index in [1.54, 1.807) is 6.92 Å². The average Bonchev–Trinajstić information content (AvgIpc) is 2.35.